The molecule has 34 heavy (non-hydrogen) atoms. The van der Waals surface area contributed by atoms with Gasteiger partial charge in [-0.1, -0.05) is 32.9 Å². The van der Waals surface area contributed by atoms with Gasteiger partial charge in [-0.3, -0.25) is 25.8 Å². The molecule has 0 atom stereocenters. The van der Waals surface area contributed by atoms with Gasteiger partial charge in [0.1, 0.15) is 5.75 Å². The summed E-state index contributed by atoms with van der Waals surface area (Å²) in [6.45, 7) is 6.10. The first kappa shape index (κ1) is 27.1. The summed E-state index contributed by atoms with van der Waals surface area (Å²) < 4.78 is 16.7. The van der Waals surface area contributed by atoms with E-state index in [2.05, 4.69) is 52.9 Å². The number of carbonyl (C=O) groups excluding carboxylic acids is 2. The molecule has 182 valence electrons. The smallest absolute Gasteiger partial charge is 0.276 e. The summed E-state index contributed by atoms with van der Waals surface area (Å²) in [4.78, 5) is 24.1. The number of hydrogen-bond acceptors (Lipinski definition) is 6. The van der Waals surface area contributed by atoms with Gasteiger partial charge in [0.2, 0.25) is 5.91 Å². The molecule has 0 spiro atoms. The molecule has 0 aliphatic rings. The van der Waals surface area contributed by atoms with Crippen molar-refractivity contribution in [1.29, 1.82) is 0 Å². The Labute approximate surface area is 213 Å². The first-order valence-electron chi connectivity index (χ1n) is 10.3. The van der Waals surface area contributed by atoms with Gasteiger partial charge in [0.25, 0.3) is 5.91 Å². The predicted octanol–water partition coefficient (Wildman–Crippen LogP) is 3.88. The van der Waals surface area contributed by atoms with Crippen LogP contribution in [-0.4, -0.2) is 37.8 Å². The second-order valence-corrected chi connectivity index (χ2v) is 9.39. The Kier molecular flexibility index (Phi) is 9.88. The van der Waals surface area contributed by atoms with E-state index in [1.54, 1.807) is 37.5 Å². The number of halogens is 1. The molecule has 2 rings (SSSR count). The zero-order valence-electron chi connectivity index (χ0n) is 19.7. The van der Waals surface area contributed by atoms with Crippen LogP contribution in [0.3, 0.4) is 0 Å². The third kappa shape index (κ3) is 8.35. The minimum absolute atomic E-state index is 0.000824. The van der Waals surface area contributed by atoms with Crippen LogP contribution in [0, 0.1) is 0 Å². The van der Waals surface area contributed by atoms with Crippen molar-refractivity contribution in [3.63, 3.8) is 0 Å². The molecule has 2 amide bonds. The molecule has 0 saturated heterocycles. The van der Waals surface area contributed by atoms with Crippen molar-refractivity contribution in [2.45, 2.75) is 26.2 Å². The van der Waals surface area contributed by atoms with Crippen LogP contribution >= 0.6 is 28.1 Å². The largest absolute Gasteiger partial charge is 0.493 e. The molecule has 2 aromatic carbocycles. The van der Waals surface area contributed by atoms with E-state index in [9.17, 15) is 9.59 Å². The summed E-state index contributed by atoms with van der Waals surface area (Å²) in [5.74, 6) is 0.733. The van der Waals surface area contributed by atoms with Crippen molar-refractivity contribution < 1.29 is 23.8 Å². The highest BCUT2D eigenvalue weighted by atomic mass is 79.9. The van der Waals surface area contributed by atoms with Gasteiger partial charge >= 0.3 is 0 Å². The normalized spacial score (nSPS) is 11.0. The number of thiocarbonyl (C=S) groups is 1. The van der Waals surface area contributed by atoms with Crippen molar-refractivity contribution in [3.8, 4) is 17.2 Å². The fourth-order valence-corrected chi connectivity index (χ4v) is 3.35. The standard InChI is InChI=1S/C24H28BrN3O5S/c1-24(2,3)16-8-10-18(17(25)13-16)33-14-22(30)27-28-23(34)26-21(29)11-7-15-6-9-19(31-4)20(12-15)32-5/h6-13H,14H2,1-5H3,(H,27,30)(H2,26,28,29,34). The molecule has 3 N–H and O–H groups in total. The fraction of sp³-hybridized carbons (Fsp3) is 0.292. The van der Waals surface area contributed by atoms with Gasteiger partial charge in [0.15, 0.2) is 23.2 Å². The van der Waals surface area contributed by atoms with Gasteiger partial charge in [-0.2, -0.15) is 0 Å². The Hall–Kier alpha value is -3.11. The quantitative estimate of drug-likeness (QED) is 0.274. The Bertz CT molecular complexity index is 1080. The maximum absolute atomic E-state index is 12.1. The molecule has 0 aliphatic carbocycles. The molecular weight excluding hydrogens is 522 g/mol. The summed E-state index contributed by atoms with van der Waals surface area (Å²) in [6, 6.07) is 11.0. The average Bonchev–Trinajstić information content (AvgIpc) is 2.79. The van der Waals surface area contributed by atoms with Crippen molar-refractivity contribution in [2.75, 3.05) is 20.8 Å². The van der Waals surface area contributed by atoms with E-state index in [1.807, 2.05) is 12.1 Å². The van der Waals surface area contributed by atoms with Crippen molar-refractivity contribution >= 4 is 51.2 Å². The molecule has 8 nitrogen and oxygen atoms in total. The lowest BCUT2D eigenvalue weighted by Crippen LogP contribution is -2.49. The minimum Gasteiger partial charge on any atom is -0.493 e. The van der Waals surface area contributed by atoms with Crippen LogP contribution in [-0.2, 0) is 15.0 Å². The van der Waals surface area contributed by atoms with Crippen LogP contribution in [0.5, 0.6) is 17.2 Å². The third-order valence-electron chi connectivity index (χ3n) is 4.54. The van der Waals surface area contributed by atoms with E-state index >= 15 is 0 Å². The summed E-state index contributed by atoms with van der Waals surface area (Å²) in [5, 5.41) is 2.37. The van der Waals surface area contributed by atoms with Crippen LogP contribution < -0.4 is 30.4 Å². The van der Waals surface area contributed by atoms with Gasteiger partial charge in [0, 0.05) is 6.08 Å². The SMILES string of the molecule is COc1ccc(C=CC(=O)NC(=S)NNC(=O)COc2ccc(C(C)(C)C)cc2Br)cc1OC. The lowest BCUT2D eigenvalue weighted by atomic mass is 9.87. The van der Waals surface area contributed by atoms with Gasteiger partial charge in [-0.05, 0) is 75.0 Å². The second kappa shape index (κ2) is 12.4. The van der Waals surface area contributed by atoms with E-state index in [0.717, 1.165) is 15.6 Å². The summed E-state index contributed by atoms with van der Waals surface area (Å²) in [7, 11) is 3.08. The monoisotopic (exact) mass is 549 g/mol. The van der Waals surface area contributed by atoms with Crippen molar-refractivity contribution in [2.24, 2.45) is 0 Å². The maximum atomic E-state index is 12.1. The predicted molar refractivity (Wildman–Crippen MR) is 139 cm³/mol. The van der Waals surface area contributed by atoms with E-state index in [0.29, 0.717) is 17.2 Å². The van der Waals surface area contributed by atoms with Crippen molar-refractivity contribution in [1.82, 2.24) is 16.2 Å². The Morgan fingerprint density at radius 3 is 2.29 bits per heavy atom. The van der Waals surface area contributed by atoms with Gasteiger partial charge < -0.3 is 14.2 Å². The lowest BCUT2D eigenvalue weighted by molar-refractivity contribution is -0.123. The number of hydrazine groups is 1. The van der Waals surface area contributed by atoms with Gasteiger partial charge in [-0.25, -0.2) is 0 Å². The zero-order valence-corrected chi connectivity index (χ0v) is 22.1. The summed E-state index contributed by atoms with van der Waals surface area (Å²) >= 11 is 8.49. The van der Waals surface area contributed by atoms with E-state index in [4.69, 9.17) is 26.4 Å². The minimum atomic E-state index is -0.472. The van der Waals surface area contributed by atoms with E-state index in [-0.39, 0.29) is 17.1 Å². The first-order chi connectivity index (χ1) is 16.0. The van der Waals surface area contributed by atoms with Gasteiger partial charge in [0.05, 0.1) is 18.7 Å². The van der Waals surface area contributed by atoms with E-state index < -0.39 is 11.8 Å². The highest BCUT2D eigenvalue weighted by Crippen LogP contribution is 2.31. The molecule has 10 heteroatoms. The number of methoxy groups -OCH3 is 2. The Morgan fingerprint density at radius 2 is 1.68 bits per heavy atom. The molecule has 0 fully saturated rings. The highest BCUT2D eigenvalue weighted by molar-refractivity contribution is 9.10. The van der Waals surface area contributed by atoms with Crippen LogP contribution in [0.25, 0.3) is 6.08 Å². The molecule has 2 aromatic rings. The maximum Gasteiger partial charge on any atom is 0.276 e. The van der Waals surface area contributed by atoms with Crippen LogP contribution in [0.1, 0.15) is 31.9 Å². The Morgan fingerprint density at radius 1 is 1.00 bits per heavy atom. The van der Waals surface area contributed by atoms with Crippen LogP contribution in [0.15, 0.2) is 46.9 Å². The first-order valence-corrected chi connectivity index (χ1v) is 11.5. The molecule has 0 aliphatic heterocycles. The van der Waals surface area contributed by atoms with Gasteiger partial charge in [-0.15, -0.1) is 0 Å². The van der Waals surface area contributed by atoms with Crippen molar-refractivity contribution in [3.05, 3.63) is 58.1 Å². The number of nitrogens with one attached hydrogen (secondary N) is 3. The van der Waals surface area contributed by atoms with E-state index in [1.165, 1.54) is 13.2 Å². The lowest BCUT2D eigenvalue weighted by Gasteiger charge is -2.20. The highest BCUT2D eigenvalue weighted by Gasteiger charge is 2.15. The zero-order chi connectivity index (χ0) is 25.3. The van der Waals surface area contributed by atoms with Crippen LogP contribution in [0.2, 0.25) is 0 Å². The van der Waals surface area contributed by atoms with Crippen LogP contribution in [0.4, 0.5) is 0 Å². The number of ether oxygens (including phenoxy) is 3. The molecule has 0 aromatic heterocycles. The summed E-state index contributed by atoms with van der Waals surface area (Å²) in [5.41, 5.74) is 6.71. The molecule has 0 radical (unpaired) electrons. The number of carbonyl (C=O) groups is 2. The Balaban J connectivity index is 1.78. The third-order valence-corrected chi connectivity index (χ3v) is 5.37. The molecule has 0 bridgehead atoms. The summed E-state index contributed by atoms with van der Waals surface area (Å²) in [6.07, 6.45) is 2.90. The number of amides is 2. The molecule has 0 saturated carbocycles. The fourth-order valence-electron chi connectivity index (χ4n) is 2.70. The molecule has 0 heterocycles. The number of benzene rings is 2. The molecule has 0 unspecified atom stereocenters. The topological polar surface area (TPSA) is 97.9 Å². The number of hydrogen-bond donors (Lipinski definition) is 3. The second-order valence-electron chi connectivity index (χ2n) is 8.12. The molecular formula is C24H28BrN3O5S. The number of rotatable bonds is 7. The average molecular weight is 550 g/mol.